The van der Waals surface area contributed by atoms with Gasteiger partial charge < -0.3 is 4.57 Å². The number of alkyl halides is 3. The van der Waals surface area contributed by atoms with Crippen LogP contribution >= 0.6 is 11.6 Å². The van der Waals surface area contributed by atoms with Gasteiger partial charge in [-0.1, -0.05) is 41.9 Å². The van der Waals surface area contributed by atoms with Gasteiger partial charge in [0, 0.05) is 29.2 Å². The van der Waals surface area contributed by atoms with E-state index in [-0.39, 0.29) is 17.1 Å². The van der Waals surface area contributed by atoms with Crippen LogP contribution in [0.3, 0.4) is 0 Å². The van der Waals surface area contributed by atoms with E-state index in [9.17, 15) is 22.8 Å². The largest absolute Gasteiger partial charge is 0.416 e. The van der Waals surface area contributed by atoms with Crippen LogP contribution in [-0.4, -0.2) is 4.57 Å². The van der Waals surface area contributed by atoms with E-state index in [0.717, 1.165) is 17.6 Å². The van der Waals surface area contributed by atoms with E-state index in [2.05, 4.69) is 0 Å². The van der Waals surface area contributed by atoms with E-state index in [4.69, 9.17) is 11.6 Å². The Morgan fingerprint density at radius 1 is 0.963 bits per heavy atom. The molecule has 0 aliphatic carbocycles. The summed E-state index contributed by atoms with van der Waals surface area (Å²) < 4.78 is 40.6. The predicted molar refractivity (Wildman–Crippen MR) is 97.8 cm³/mol. The van der Waals surface area contributed by atoms with Crippen LogP contribution in [0.2, 0.25) is 5.02 Å². The van der Waals surface area contributed by atoms with Crippen molar-refractivity contribution in [3.05, 3.63) is 91.3 Å². The molecule has 0 spiro atoms. The van der Waals surface area contributed by atoms with E-state index in [1.807, 2.05) is 0 Å². The molecule has 0 radical (unpaired) electrons. The second-order valence-corrected chi connectivity index (χ2v) is 6.61. The SMILES string of the molecule is O=c1c(Cl)c(-c2cn(Cc3cccc(C(F)(F)F)c3)c3ccccc23)c1=O. The summed E-state index contributed by atoms with van der Waals surface area (Å²) in [5.41, 5.74) is -0.236. The lowest BCUT2D eigenvalue weighted by Gasteiger charge is -2.10. The average molecular weight is 390 g/mol. The van der Waals surface area contributed by atoms with Crippen molar-refractivity contribution in [3.63, 3.8) is 0 Å². The molecule has 27 heavy (non-hydrogen) atoms. The highest BCUT2D eigenvalue weighted by molar-refractivity contribution is 6.34. The molecule has 1 heterocycles. The highest BCUT2D eigenvalue weighted by Crippen LogP contribution is 2.34. The molecule has 0 saturated heterocycles. The van der Waals surface area contributed by atoms with Crippen LogP contribution in [0.4, 0.5) is 13.2 Å². The van der Waals surface area contributed by atoms with Gasteiger partial charge in [-0.15, -0.1) is 0 Å². The normalized spacial score (nSPS) is 12.1. The van der Waals surface area contributed by atoms with Crippen molar-refractivity contribution in [2.45, 2.75) is 12.7 Å². The maximum absolute atomic E-state index is 12.9. The van der Waals surface area contributed by atoms with Gasteiger partial charge in [0.05, 0.1) is 11.1 Å². The zero-order valence-electron chi connectivity index (χ0n) is 13.7. The van der Waals surface area contributed by atoms with Crippen molar-refractivity contribution in [2.24, 2.45) is 0 Å². The Bertz CT molecular complexity index is 1250. The number of nitrogens with zero attached hydrogens (tertiary/aromatic N) is 1. The molecule has 0 amide bonds. The highest BCUT2D eigenvalue weighted by Gasteiger charge is 2.30. The number of halogens is 4. The van der Waals surface area contributed by atoms with Crippen LogP contribution in [0.15, 0.2) is 64.3 Å². The lowest BCUT2D eigenvalue weighted by Crippen LogP contribution is -2.33. The van der Waals surface area contributed by atoms with E-state index in [1.165, 1.54) is 6.07 Å². The van der Waals surface area contributed by atoms with Crippen LogP contribution < -0.4 is 10.9 Å². The van der Waals surface area contributed by atoms with Gasteiger partial charge in [0.15, 0.2) is 0 Å². The number of rotatable bonds is 3. The summed E-state index contributed by atoms with van der Waals surface area (Å²) in [4.78, 5) is 23.4. The minimum Gasteiger partial charge on any atom is -0.342 e. The number of aromatic nitrogens is 1. The summed E-state index contributed by atoms with van der Waals surface area (Å²) in [5.74, 6) is 0. The van der Waals surface area contributed by atoms with E-state index in [0.29, 0.717) is 16.5 Å². The Balaban J connectivity index is 1.83. The van der Waals surface area contributed by atoms with Gasteiger partial charge in [-0.05, 0) is 23.8 Å². The Morgan fingerprint density at radius 2 is 1.70 bits per heavy atom. The molecule has 0 saturated carbocycles. The maximum atomic E-state index is 12.9. The van der Waals surface area contributed by atoms with Crippen LogP contribution in [0.1, 0.15) is 11.1 Å². The van der Waals surface area contributed by atoms with Crippen LogP contribution in [-0.2, 0) is 12.7 Å². The minimum atomic E-state index is -4.42. The number of hydrogen-bond donors (Lipinski definition) is 0. The van der Waals surface area contributed by atoms with Crippen molar-refractivity contribution in [2.75, 3.05) is 0 Å². The van der Waals surface area contributed by atoms with Gasteiger partial charge in [0.25, 0.3) is 0 Å². The summed E-state index contributed by atoms with van der Waals surface area (Å²) >= 11 is 5.91. The predicted octanol–water partition coefficient (Wildman–Crippen LogP) is 4.62. The molecule has 0 aliphatic heterocycles. The summed E-state index contributed by atoms with van der Waals surface area (Å²) in [7, 11) is 0. The van der Waals surface area contributed by atoms with Crippen molar-refractivity contribution >= 4 is 22.5 Å². The van der Waals surface area contributed by atoms with Gasteiger partial charge in [-0.25, -0.2) is 0 Å². The smallest absolute Gasteiger partial charge is 0.342 e. The molecule has 0 unspecified atom stereocenters. The lowest BCUT2D eigenvalue weighted by atomic mass is 10.0. The molecular weight excluding hydrogens is 379 g/mol. The number of para-hydroxylation sites is 1. The quantitative estimate of drug-likeness (QED) is 0.479. The minimum absolute atomic E-state index is 0.109. The van der Waals surface area contributed by atoms with Gasteiger partial charge in [-0.3, -0.25) is 9.59 Å². The van der Waals surface area contributed by atoms with Crippen molar-refractivity contribution < 1.29 is 13.2 Å². The highest BCUT2D eigenvalue weighted by atomic mass is 35.5. The number of benzene rings is 2. The van der Waals surface area contributed by atoms with Gasteiger partial charge in [0.1, 0.15) is 5.02 Å². The molecule has 0 bridgehead atoms. The summed E-state index contributed by atoms with van der Waals surface area (Å²) in [6, 6.07) is 12.2. The van der Waals surface area contributed by atoms with E-state index >= 15 is 0 Å². The first-order chi connectivity index (χ1) is 12.8. The molecule has 3 nitrogen and oxygen atoms in total. The zero-order chi connectivity index (χ0) is 19.3. The molecule has 0 N–H and O–H groups in total. The first kappa shape index (κ1) is 17.5. The third-order valence-electron chi connectivity index (χ3n) is 4.52. The third-order valence-corrected chi connectivity index (χ3v) is 4.88. The fourth-order valence-corrected chi connectivity index (χ4v) is 3.50. The molecule has 0 atom stereocenters. The van der Waals surface area contributed by atoms with E-state index in [1.54, 1.807) is 41.1 Å². The average Bonchev–Trinajstić information content (AvgIpc) is 2.99. The van der Waals surface area contributed by atoms with Crippen molar-refractivity contribution in [3.8, 4) is 11.1 Å². The van der Waals surface area contributed by atoms with E-state index < -0.39 is 22.6 Å². The summed E-state index contributed by atoms with van der Waals surface area (Å²) in [5, 5.41) is 0.598. The zero-order valence-corrected chi connectivity index (χ0v) is 14.4. The molecular formula is C20H11ClF3NO2. The molecule has 4 aromatic rings. The Morgan fingerprint density at radius 3 is 2.41 bits per heavy atom. The third kappa shape index (κ3) is 2.86. The molecule has 7 heteroatoms. The molecule has 0 aliphatic rings. The first-order valence-electron chi connectivity index (χ1n) is 8.00. The first-order valence-corrected chi connectivity index (χ1v) is 8.38. The van der Waals surface area contributed by atoms with Gasteiger partial charge in [-0.2, -0.15) is 13.2 Å². The van der Waals surface area contributed by atoms with Crippen LogP contribution in [0, 0.1) is 0 Å². The molecule has 4 rings (SSSR count). The van der Waals surface area contributed by atoms with Crippen LogP contribution in [0.25, 0.3) is 22.0 Å². The molecule has 1 aromatic heterocycles. The molecule has 0 fully saturated rings. The van der Waals surface area contributed by atoms with Crippen molar-refractivity contribution in [1.29, 1.82) is 0 Å². The molecule has 3 aromatic carbocycles. The summed E-state index contributed by atoms with van der Waals surface area (Å²) in [6.07, 6.45) is -2.77. The molecule has 136 valence electrons. The number of fused-ring (bicyclic) bond motifs is 1. The van der Waals surface area contributed by atoms with Gasteiger partial charge in [0.2, 0.25) is 10.9 Å². The second-order valence-electron chi connectivity index (χ2n) is 6.23. The Labute approximate surface area is 155 Å². The Kier molecular flexibility index (Phi) is 3.96. The van der Waals surface area contributed by atoms with Gasteiger partial charge >= 0.3 is 6.18 Å². The fraction of sp³-hybridized carbons (Fsp3) is 0.100. The summed E-state index contributed by atoms with van der Waals surface area (Å²) in [6.45, 7) is 0.178. The van der Waals surface area contributed by atoms with Crippen molar-refractivity contribution in [1.82, 2.24) is 4.57 Å². The van der Waals surface area contributed by atoms with Crippen LogP contribution in [0.5, 0.6) is 0 Å². The second kappa shape index (κ2) is 6.09. The Hall–Kier alpha value is -2.86. The maximum Gasteiger partial charge on any atom is 0.416 e. The topological polar surface area (TPSA) is 39.1 Å². The number of hydrogen-bond acceptors (Lipinski definition) is 2. The lowest BCUT2D eigenvalue weighted by molar-refractivity contribution is -0.137. The monoisotopic (exact) mass is 389 g/mol. The standard InChI is InChI=1S/C20H11ClF3NO2/c21-17-16(18(26)19(17)27)14-10-25(15-7-2-1-6-13(14)15)9-11-4-3-5-12(8-11)20(22,23)24/h1-8,10H,9H2. The fourth-order valence-electron chi connectivity index (χ4n) is 3.22.